The number of hydrogen-bond donors (Lipinski definition) is 3. The summed E-state index contributed by atoms with van der Waals surface area (Å²) >= 11 is 0. The number of carbonyl (C=O) groups is 4. The summed E-state index contributed by atoms with van der Waals surface area (Å²) in [5.74, 6) is -1.46. The molecule has 10 nitrogen and oxygen atoms in total. The molecule has 10 heteroatoms. The summed E-state index contributed by atoms with van der Waals surface area (Å²) in [6.07, 6.45) is 1.30. The average Bonchev–Trinajstić information content (AvgIpc) is 3.36. The minimum atomic E-state index is -1.64. The topological polar surface area (TPSA) is 148 Å². The number of nitrogens with one attached hydrogen (secondary N) is 2. The van der Waals surface area contributed by atoms with E-state index in [2.05, 4.69) is 15.6 Å². The van der Waals surface area contributed by atoms with Crippen LogP contribution in [0.3, 0.4) is 0 Å². The third-order valence-electron chi connectivity index (χ3n) is 5.59. The lowest BCUT2D eigenvalue weighted by Crippen LogP contribution is -2.52. The second-order valence-electron chi connectivity index (χ2n) is 7.72. The molecule has 0 spiro atoms. The lowest BCUT2D eigenvalue weighted by atomic mass is 9.95. The van der Waals surface area contributed by atoms with Gasteiger partial charge >= 0.3 is 6.03 Å². The number of amides is 5. The average molecular weight is 419 g/mol. The SMILES string of the molecule is Cc1ccc2c(c1)C(=O)N(C[C@@]1(c3cc4ncc(C(N)=O)cc4o3)NC(=O)NC1=O)C2. The number of carbonyl (C=O) groups excluding carboxylic acids is 4. The highest BCUT2D eigenvalue weighted by molar-refractivity contribution is 6.08. The normalized spacial score (nSPS) is 20.2. The van der Waals surface area contributed by atoms with Gasteiger partial charge in [-0.15, -0.1) is 0 Å². The zero-order valence-corrected chi connectivity index (χ0v) is 16.4. The first-order valence-corrected chi connectivity index (χ1v) is 9.49. The summed E-state index contributed by atoms with van der Waals surface area (Å²) in [7, 11) is 0. The predicted octanol–water partition coefficient (Wildman–Crippen LogP) is 0.926. The van der Waals surface area contributed by atoms with E-state index in [-0.39, 0.29) is 29.4 Å². The molecular weight excluding hydrogens is 402 g/mol. The standard InChI is InChI=1S/C21H17N5O5/c1-10-2-3-11-8-26(18(28)13(11)4-10)9-21(19(29)24-20(30)25-21)16-6-14-15(31-16)5-12(7-23-14)17(22)27/h2-7H,8-9H2,1H3,(H2,22,27)(H2,24,25,29,30)/t21-/m0/s1. The smallest absolute Gasteiger partial charge is 0.322 e. The highest BCUT2D eigenvalue weighted by atomic mass is 16.3. The maximum Gasteiger partial charge on any atom is 0.322 e. The van der Waals surface area contributed by atoms with Gasteiger partial charge in [0.2, 0.25) is 5.91 Å². The van der Waals surface area contributed by atoms with Crippen molar-refractivity contribution >= 4 is 34.9 Å². The molecule has 0 radical (unpaired) electrons. The van der Waals surface area contributed by atoms with Crippen LogP contribution < -0.4 is 16.4 Å². The highest BCUT2D eigenvalue weighted by Crippen LogP contribution is 2.34. The van der Waals surface area contributed by atoms with Gasteiger partial charge in [-0.2, -0.15) is 0 Å². The molecule has 0 bridgehead atoms. The lowest BCUT2D eigenvalue weighted by molar-refractivity contribution is -0.125. The minimum Gasteiger partial charge on any atom is -0.456 e. The molecule has 31 heavy (non-hydrogen) atoms. The summed E-state index contributed by atoms with van der Waals surface area (Å²) in [4.78, 5) is 55.0. The van der Waals surface area contributed by atoms with Crippen molar-refractivity contribution in [2.24, 2.45) is 5.73 Å². The molecule has 0 saturated carbocycles. The fourth-order valence-corrected chi connectivity index (χ4v) is 4.01. The number of hydrogen-bond acceptors (Lipinski definition) is 6. The Morgan fingerprint density at radius 2 is 2.06 bits per heavy atom. The lowest BCUT2D eigenvalue weighted by Gasteiger charge is -2.28. The number of nitrogens with zero attached hydrogens (tertiary/aromatic N) is 2. The quantitative estimate of drug-likeness (QED) is 0.536. The number of benzene rings is 1. The van der Waals surface area contributed by atoms with Crippen molar-refractivity contribution in [1.82, 2.24) is 20.5 Å². The number of aryl methyl sites for hydroxylation is 1. The molecule has 2 aliphatic rings. The largest absolute Gasteiger partial charge is 0.456 e. The first-order valence-electron chi connectivity index (χ1n) is 9.49. The van der Waals surface area contributed by atoms with Gasteiger partial charge in [-0.1, -0.05) is 17.7 Å². The first-order chi connectivity index (χ1) is 14.8. The molecule has 4 heterocycles. The van der Waals surface area contributed by atoms with Gasteiger partial charge in [0, 0.05) is 24.4 Å². The maximum absolute atomic E-state index is 13.0. The monoisotopic (exact) mass is 419 g/mol. The van der Waals surface area contributed by atoms with Gasteiger partial charge in [-0.25, -0.2) is 4.79 Å². The third-order valence-corrected chi connectivity index (χ3v) is 5.59. The molecule has 1 atom stereocenters. The van der Waals surface area contributed by atoms with Crippen LogP contribution in [-0.2, 0) is 16.9 Å². The Bertz CT molecular complexity index is 1310. The number of rotatable bonds is 4. The summed E-state index contributed by atoms with van der Waals surface area (Å²) < 4.78 is 5.82. The number of urea groups is 1. The van der Waals surface area contributed by atoms with Gasteiger partial charge in [0.15, 0.2) is 11.1 Å². The Labute approximate surface area is 175 Å². The fourth-order valence-electron chi connectivity index (χ4n) is 4.01. The van der Waals surface area contributed by atoms with E-state index in [0.717, 1.165) is 11.1 Å². The Morgan fingerprint density at radius 1 is 1.26 bits per heavy atom. The summed E-state index contributed by atoms with van der Waals surface area (Å²) in [6.45, 7) is 2.05. The molecule has 4 N–H and O–H groups in total. The van der Waals surface area contributed by atoms with E-state index in [0.29, 0.717) is 17.6 Å². The molecule has 1 fully saturated rings. The van der Waals surface area contributed by atoms with Gasteiger partial charge in [0.05, 0.1) is 12.1 Å². The third kappa shape index (κ3) is 2.83. The fraction of sp³-hybridized carbons (Fsp3) is 0.190. The number of primary amides is 1. The molecule has 1 aromatic carbocycles. The second kappa shape index (κ2) is 6.39. The molecule has 5 rings (SSSR count). The van der Waals surface area contributed by atoms with Crippen molar-refractivity contribution in [2.75, 3.05) is 6.54 Å². The number of nitrogens with two attached hydrogens (primary N) is 1. The van der Waals surface area contributed by atoms with Crippen molar-refractivity contribution in [2.45, 2.75) is 19.0 Å². The number of pyridine rings is 1. The highest BCUT2D eigenvalue weighted by Gasteiger charge is 2.53. The van der Waals surface area contributed by atoms with Crippen LogP contribution in [0.4, 0.5) is 4.79 Å². The Kier molecular flexibility index (Phi) is 3.88. The zero-order chi connectivity index (χ0) is 21.9. The maximum atomic E-state index is 13.0. The molecule has 0 unspecified atom stereocenters. The molecule has 1 saturated heterocycles. The molecular formula is C21H17N5O5. The first kappa shape index (κ1) is 18.8. The number of imide groups is 1. The summed E-state index contributed by atoms with van der Waals surface area (Å²) in [6, 6.07) is 7.81. The van der Waals surface area contributed by atoms with Crippen molar-refractivity contribution in [3.8, 4) is 0 Å². The molecule has 5 amide bonds. The van der Waals surface area contributed by atoms with E-state index in [1.54, 1.807) is 6.07 Å². The minimum absolute atomic E-state index is 0.0971. The van der Waals surface area contributed by atoms with Crippen molar-refractivity contribution in [3.05, 3.63) is 64.5 Å². The second-order valence-corrected chi connectivity index (χ2v) is 7.72. The van der Waals surface area contributed by atoms with Crippen LogP contribution >= 0.6 is 0 Å². The van der Waals surface area contributed by atoms with Crippen LogP contribution in [0.15, 0.2) is 40.9 Å². The summed E-state index contributed by atoms with van der Waals surface area (Å²) in [5, 5.41) is 4.83. The van der Waals surface area contributed by atoms with Gasteiger partial charge in [-0.3, -0.25) is 24.7 Å². The Hall–Kier alpha value is -4.21. The van der Waals surface area contributed by atoms with E-state index >= 15 is 0 Å². The Balaban J connectivity index is 1.56. The van der Waals surface area contributed by atoms with Crippen LogP contribution in [0.25, 0.3) is 11.1 Å². The number of fused-ring (bicyclic) bond motifs is 2. The predicted molar refractivity (Wildman–Crippen MR) is 107 cm³/mol. The van der Waals surface area contributed by atoms with Gasteiger partial charge < -0.3 is 20.4 Å². The summed E-state index contributed by atoms with van der Waals surface area (Å²) in [5.41, 5.74) is 6.75. The van der Waals surface area contributed by atoms with Crippen molar-refractivity contribution in [1.29, 1.82) is 0 Å². The number of aromatic nitrogens is 1. The van der Waals surface area contributed by atoms with E-state index in [1.807, 2.05) is 19.1 Å². The molecule has 2 aromatic heterocycles. The molecule has 0 aliphatic carbocycles. The van der Waals surface area contributed by atoms with Crippen molar-refractivity contribution < 1.29 is 23.6 Å². The van der Waals surface area contributed by atoms with E-state index in [4.69, 9.17) is 10.2 Å². The van der Waals surface area contributed by atoms with E-state index in [9.17, 15) is 19.2 Å². The van der Waals surface area contributed by atoms with Gasteiger partial charge in [0.25, 0.3) is 11.8 Å². The van der Waals surface area contributed by atoms with Crippen LogP contribution in [0.5, 0.6) is 0 Å². The van der Waals surface area contributed by atoms with Crippen molar-refractivity contribution in [3.63, 3.8) is 0 Å². The van der Waals surface area contributed by atoms with E-state index in [1.165, 1.54) is 23.2 Å². The van der Waals surface area contributed by atoms with Crippen LogP contribution in [0.2, 0.25) is 0 Å². The number of furan rings is 1. The van der Waals surface area contributed by atoms with Crippen LogP contribution in [0.1, 0.15) is 37.6 Å². The van der Waals surface area contributed by atoms with Gasteiger partial charge in [0.1, 0.15) is 11.3 Å². The molecule has 3 aromatic rings. The van der Waals surface area contributed by atoms with Crippen LogP contribution in [0, 0.1) is 6.92 Å². The van der Waals surface area contributed by atoms with E-state index < -0.39 is 23.4 Å². The van der Waals surface area contributed by atoms with Crippen LogP contribution in [-0.4, -0.2) is 40.2 Å². The zero-order valence-electron chi connectivity index (χ0n) is 16.4. The molecule has 156 valence electrons. The Morgan fingerprint density at radius 3 is 2.77 bits per heavy atom. The molecule has 2 aliphatic heterocycles. The van der Waals surface area contributed by atoms with Gasteiger partial charge in [-0.05, 0) is 24.6 Å².